The Morgan fingerprint density at radius 3 is 2.42 bits per heavy atom. The number of hydrogen-bond donors (Lipinski definition) is 1. The Hall–Kier alpha value is -1.84. The van der Waals surface area contributed by atoms with Crippen molar-refractivity contribution < 1.29 is 28.2 Å². The Balaban J connectivity index is 2.04. The minimum absolute atomic E-state index is 0.0747. The maximum Gasteiger partial charge on any atom is 0.350 e. The molecule has 2 atom stereocenters. The van der Waals surface area contributed by atoms with E-state index in [0.717, 1.165) is 0 Å². The van der Waals surface area contributed by atoms with Crippen LogP contribution in [0.5, 0.6) is 0 Å². The molecule has 1 N–H and O–H groups in total. The molecule has 0 aromatic heterocycles. The standard InChI is InChI=1S/C15H22N3O7P/c1-4-23-26(22,24-5-2)14-10-13(25-17(14)3)15(19)16-11-6-8-12(9-7-11)18(20)21/h6-9,13-14H,4-5,10H2,1-3H3,(H,16,19)/t13-,14-/m1/s1. The highest BCUT2D eigenvalue weighted by Crippen LogP contribution is 2.57. The third kappa shape index (κ3) is 4.66. The van der Waals surface area contributed by atoms with Crippen molar-refractivity contribution in [3.05, 3.63) is 34.4 Å². The molecule has 1 saturated heterocycles. The SMILES string of the molecule is CCOP(=O)(OCC)[C@@H]1C[C@H](C(=O)Nc2ccc([N+](=O)[O-])cc2)ON1C. The topological polar surface area (TPSA) is 120 Å². The van der Waals surface area contributed by atoms with Gasteiger partial charge in [0.2, 0.25) is 0 Å². The van der Waals surface area contributed by atoms with Crippen LogP contribution in [0.4, 0.5) is 11.4 Å². The molecule has 1 aliphatic heterocycles. The summed E-state index contributed by atoms with van der Waals surface area (Å²) >= 11 is 0. The van der Waals surface area contributed by atoms with Gasteiger partial charge < -0.3 is 14.4 Å². The summed E-state index contributed by atoms with van der Waals surface area (Å²) in [6.45, 7) is 3.84. The van der Waals surface area contributed by atoms with Gasteiger partial charge in [0.05, 0.1) is 18.1 Å². The van der Waals surface area contributed by atoms with Gasteiger partial charge >= 0.3 is 7.60 Å². The number of non-ortho nitro benzene ring substituents is 1. The first-order chi connectivity index (χ1) is 12.3. The summed E-state index contributed by atoms with van der Waals surface area (Å²) in [4.78, 5) is 28.0. The lowest BCUT2D eigenvalue weighted by molar-refractivity contribution is -0.384. The van der Waals surface area contributed by atoms with Gasteiger partial charge in [0.1, 0.15) is 5.78 Å². The summed E-state index contributed by atoms with van der Waals surface area (Å²) in [6, 6.07) is 5.44. The molecule has 0 bridgehead atoms. The van der Waals surface area contributed by atoms with E-state index < -0.39 is 30.3 Å². The quantitative estimate of drug-likeness (QED) is 0.411. The smallest absolute Gasteiger partial charge is 0.324 e. The van der Waals surface area contributed by atoms with E-state index in [4.69, 9.17) is 13.9 Å². The van der Waals surface area contributed by atoms with Crippen molar-refractivity contribution >= 4 is 24.9 Å². The van der Waals surface area contributed by atoms with Gasteiger partial charge in [0.25, 0.3) is 11.6 Å². The number of carbonyl (C=O) groups is 1. The van der Waals surface area contributed by atoms with Crippen molar-refractivity contribution in [3.8, 4) is 0 Å². The van der Waals surface area contributed by atoms with Crippen molar-refractivity contribution in [1.82, 2.24) is 5.06 Å². The Bertz CT molecular complexity index is 687. The number of nitro groups is 1. The summed E-state index contributed by atoms with van der Waals surface area (Å²) in [5, 5.41) is 14.6. The van der Waals surface area contributed by atoms with Crippen LogP contribution in [0.3, 0.4) is 0 Å². The van der Waals surface area contributed by atoms with Gasteiger partial charge in [-0.15, -0.1) is 0 Å². The maximum atomic E-state index is 12.9. The van der Waals surface area contributed by atoms with Crippen LogP contribution in [0, 0.1) is 10.1 Å². The first kappa shape index (κ1) is 20.5. The highest BCUT2D eigenvalue weighted by atomic mass is 31.2. The highest BCUT2D eigenvalue weighted by Gasteiger charge is 2.48. The predicted octanol–water partition coefficient (Wildman–Crippen LogP) is 2.76. The molecule has 0 aliphatic carbocycles. The van der Waals surface area contributed by atoms with Crippen LogP contribution in [0.15, 0.2) is 24.3 Å². The Morgan fingerprint density at radius 2 is 1.92 bits per heavy atom. The zero-order chi connectivity index (χ0) is 19.3. The lowest BCUT2D eigenvalue weighted by Gasteiger charge is -2.25. The van der Waals surface area contributed by atoms with Crippen LogP contribution in [0.1, 0.15) is 20.3 Å². The van der Waals surface area contributed by atoms with Crippen LogP contribution < -0.4 is 5.32 Å². The number of carbonyl (C=O) groups excluding carboxylic acids is 1. The van der Waals surface area contributed by atoms with E-state index in [1.807, 2.05) is 0 Å². The fraction of sp³-hybridized carbons (Fsp3) is 0.533. The monoisotopic (exact) mass is 387 g/mol. The van der Waals surface area contributed by atoms with Crippen LogP contribution in [-0.4, -0.2) is 48.0 Å². The first-order valence-corrected chi connectivity index (χ1v) is 9.75. The minimum Gasteiger partial charge on any atom is -0.324 e. The molecule has 0 saturated carbocycles. The molecule has 1 aliphatic rings. The zero-order valence-corrected chi connectivity index (χ0v) is 15.7. The second kappa shape index (κ2) is 8.70. The van der Waals surface area contributed by atoms with Gasteiger partial charge in [0.15, 0.2) is 6.10 Å². The summed E-state index contributed by atoms with van der Waals surface area (Å²) in [6.07, 6.45) is -0.749. The van der Waals surface area contributed by atoms with Gasteiger partial charge in [0, 0.05) is 31.3 Å². The normalized spacial score (nSPS) is 20.9. The Kier molecular flexibility index (Phi) is 6.85. The third-order valence-electron chi connectivity index (χ3n) is 3.76. The molecule has 1 aromatic rings. The molecule has 1 aromatic carbocycles. The van der Waals surface area contributed by atoms with Crippen molar-refractivity contribution in [2.75, 3.05) is 25.6 Å². The molecule has 26 heavy (non-hydrogen) atoms. The molecule has 0 unspecified atom stereocenters. The lowest BCUT2D eigenvalue weighted by atomic mass is 10.2. The molecule has 1 fully saturated rings. The van der Waals surface area contributed by atoms with Crippen LogP contribution >= 0.6 is 7.60 Å². The fourth-order valence-corrected chi connectivity index (χ4v) is 4.64. The number of anilines is 1. The van der Waals surface area contributed by atoms with E-state index in [-0.39, 0.29) is 25.3 Å². The number of nitro benzene ring substituents is 1. The largest absolute Gasteiger partial charge is 0.350 e. The van der Waals surface area contributed by atoms with Gasteiger partial charge in [-0.2, -0.15) is 5.06 Å². The van der Waals surface area contributed by atoms with Crippen molar-refractivity contribution in [2.24, 2.45) is 0 Å². The first-order valence-electron chi connectivity index (χ1n) is 8.14. The Morgan fingerprint density at radius 1 is 1.35 bits per heavy atom. The van der Waals surface area contributed by atoms with Crippen molar-refractivity contribution in [1.29, 1.82) is 0 Å². The second-order valence-corrected chi connectivity index (χ2v) is 7.72. The zero-order valence-electron chi connectivity index (χ0n) is 14.8. The fourth-order valence-electron chi connectivity index (χ4n) is 2.60. The molecule has 0 radical (unpaired) electrons. The van der Waals surface area contributed by atoms with Gasteiger partial charge in [-0.05, 0) is 26.0 Å². The van der Waals surface area contributed by atoms with E-state index >= 15 is 0 Å². The summed E-state index contributed by atoms with van der Waals surface area (Å²) < 4.78 is 23.5. The number of rotatable bonds is 8. The van der Waals surface area contributed by atoms with Crippen LogP contribution in [-0.2, 0) is 23.2 Å². The summed E-state index contributed by atoms with van der Waals surface area (Å²) in [5.74, 6) is -1.15. The van der Waals surface area contributed by atoms with E-state index in [9.17, 15) is 19.5 Å². The average Bonchev–Trinajstić information content (AvgIpc) is 2.98. The van der Waals surface area contributed by atoms with E-state index in [1.54, 1.807) is 20.9 Å². The third-order valence-corrected chi connectivity index (χ3v) is 6.26. The molecule has 11 heteroatoms. The molecule has 0 spiro atoms. The number of hydrogen-bond acceptors (Lipinski definition) is 8. The van der Waals surface area contributed by atoms with E-state index in [1.165, 1.54) is 29.3 Å². The van der Waals surface area contributed by atoms with Gasteiger partial charge in [-0.1, -0.05) is 0 Å². The summed E-state index contributed by atoms with van der Waals surface area (Å²) in [5.41, 5.74) is 0.322. The number of nitrogens with one attached hydrogen (secondary N) is 1. The van der Waals surface area contributed by atoms with Crippen molar-refractivity contribution in [3.63, 3.8) is 0 Å². The maximum absolute atomic E-state index is 12.9. The van der Waals surface area contributed by atoms with Crippen LogP contribution in [0.2, 0.25) is 0 Å². The molecule has 10 nitrogen and oxygen atoms in total. The molecule has 144 valence electrons. The van der Waals surface area contributed by atoms with E-state index in [0.29, 0.717) is 5.69 Å². The molecule has 1 heterocycles. The summed E-state index contributed by atoms with van der Waals surface area (Å²) in [7, 11) is -1.89. The Labute approximate surface area is 151 Å². The molecular weight excluding hydrogens is 365 g/mol. The molecule has 2 rings (SSSR count). The van der Waals surface area contributed by atoms with Gasteiger partial charge in [-0.25, -0.2) is 0 Å². The van der Waals surface area contributed by atoms with Crippen LogP contribution in [0.25, 0.3) is 0 Å². The number of nitrogens with zero attached hydrogens (tertiary/aromatic N) is 2. The van der Waals surface area contributed by atoms with Crippen molar-refractivity contribution in [2.45, 2.75) is 32.2 Å². The second-order valence-electron chi connectivity index (χ2n) is 5.53. The molecule has 1 amide bonds. The molecular formula is C15H22N3O7P. The number of benzene rings is 1. The number of amides is 1. The predicted molar refractivity (Wildman–Crippen MR) is 93.6 cm³/mol. The van der Waals surface area contributed by atoms with Gasteiger partial charge in [-0.3, -0.25) is 24.3 Å². The average molecular weight is 387 g/mol. The highest BCUT2D eigenvalue weighted by molar-refractivity contribution is 7.54. The minimum atomic E-state index is -3.45. The van der Waals surface area contributed by atoms with E-state index in [2.05, 4.69) is 5.32 Å². The number of hydroxylamine groups is 2. The lowest BCUT2D eigenvalue weighted by Crippen LogP contribution is -2.28.